The zero-order valence-corrected chi connectivity index (χ0v) is 5.65. The molecule has 0 fully saturated rings. The Kier molecular flexibility index (Phi) is 3.49. The lowest BCUT2D eigenvalue weighted by Crippen LogP contribution is -2.69. The molecule has 0 unspecified atom stereocenters. The second-order valence-electron chi connectivity index (χ2n) is 2.09. The van der Waals surface area contributed by atoms with Gasteiger partial charge >= 0.3 is 0 Å². The highest BCUT2D eigenvalue weighted by molar-refractivity contribution is 5.73. The van der Waals surface area contributed by atoms with E-state index in [-0.39, 0.29) is 0 Å². The number of aliphatic hydroxyl groups excluding tert-OH is 1. The summed E-state index contributed by atoms with van der Waals surface area (Å²) in [4.78, 5) is 19.8. The SMILES string of the molecule is [NH3+][C@H](C[C@H](O)C(=O)[O-])C(=O)[O-]. The lowest BCUT2D eigenvalue weighted by molar-refractivity contribution is -0.441. The van der Waals surface area contributed by atoms with Gasteiger partial charge in [0.15, 0.2) is 0 Å². The van der Waals surface area contributed by atoms with Crippen molar-refractivity contribution in [3.8, 4) is 0 Å². The average molecular weight is 162 g/mol. The molecule has 0 saturated carbocycles. The standard InChI is InChI=1S/C5H9NO5/c6-2(4(8)9)1-3(7)5(10)11/h2-3,7H,1,6H2,(H,8,9)(H,10,11)/p-1/t2-,3+/m1/s1. The Morgan fingerprint density at radius 1 is 1.36 bits per heavy atom. The topological polar surface area (TPSA) is 128 Å². The van der Waals surface area contributed by atoms with E-state index < -0.39 is 30.5 Å². The summed E-state index contributed by atoms with van der Waals surface area (Å²) in [5, 5.41) is 28.4. The van der Waals surface area contributed by atoms with E-state index in [1.54, 1.807) is 0 Å². The Balaban J connectivity index is 3.84. The predicted molar refractivity (Wildman–Crippen MR) is 27.3 cm³/mol. The molecule has 0 heterocycles. The molecule has 6 nitrogen and oxygen atoms in total. The van der Waals surface area contributed by atoms with Crippen molar-refractivity contribution in [2.45, 2.75) is 18.6 Å². The molecule has 0 aliphatic heterocycles. The van der Waals surface area contributed by atoms with Crippen molar-refractivity contribution in [3.05, 3.63) is 0 Å². The molecule has 0 saturated heterocycles. The van der Waals surface area contributed by atoms with Gasteiger partial charge < -0.3 is 30.6 Å². The van der Waals surface area contributed by atoms with Gasteiger partial charge in [-0.25, -0.2) is 0 Å². The van der Waals surface area contributed by atoms with E-state index in [9.17, 15) is 19.8 Å². The molecular weight excluding hydrogens is 154 g/mol. The maximum Gasteiger partial charge on any atom is 0.127 e. The molecule has 0 aromatic carbocycles. The van der Waals surface area contributed by atoms with Gasteiger partial charge in [-0.1, -0.05) is 0 Å². The van der Waals surface area contributed by atoms with E-state index >= 15 is 0 Å². The predicted octanol–water partition coefficient (Wildman–Crippen LogP) is -5.15. The van der Waals surface area contributed by atoms with Crippen LogP contribution in [0.25, 0.3) is 0 Å². The lowest BCUT2D eigenvalue weighted by atomic mass is 10.1. The fourth-order valence-electron chi connectivity index (χ4n) is 0.462. The van der Waals surface area contributed by atoms with Crippen molar-refractivity contribution >= 4 is 11.9 Å². The molecule has 0 radical (unpaired) electrons. The average Bonchev–Trinajstić information content (AvgIpc) is 1.87. The van der Waals surface area contributed by atoms with Crippen LogP contribution in [0.4, 0.5) is 0 Å². The van der Waals surface area contributed by atoms with E-state index in [0.717, 1.165) is 0 Å². The summed E-state index contributed by atoms with van der Waals surface area (Å²) in [6, 6.07) is -1.23. The molecule has 0 spiro atoms. The fourth-order valence-corrected chi connectivity index (χ4v) is 0.462. The zero-order chi connectivity index (χ0) is 9.02. The molecule has 0 aromatic heterocycles. The Morgan fingerprint density at radius 3 is 2.09 bits per heavy atom. The van der Waals surface area contributed by atoms with Crippen LogP contribution in [-0.2, 0) is 9.59 Å². The van der Waals surface area contributed by atoms with Gasteiger partial charge in [-0.3, -0.25) is 0 Å². The molecule has 11 heavy (non-hydrogen) atoms. The molecule has 0 aromatic rings. The summed E-state index contributed by atoms with van der Waals surface area (Å²) in [5.74, 6) is -3.20. The van der Waals surface area contributed by atoms with Gasteiger partial charge in [0.2, 0.25) is 0 Å². The van der Waals surface area contributed by atoms with Crippen LogP contribution < -0.4 is 15.9 Å². The molecule has 0 rings (SSSR count). The van der Waals surface area contributed by atoms with Gasteiger partial charge in [0, 0.05) is 6.42 Å². The normalized spacial score (nSPS) is 15.5. The van der Waals surface area contributed by atoms with E-state index in [1.165, 1.54) is 0 Å². The van der Waals surface area contributed by atoms with Gasteiger partial charge in [-0.15, -0.1) is 0 Å². The van der Waals surface area contributed by atoms with E-state index in [2.05, 4.69) is 5.73 Å². The van der Waals surface area contributed by atoms with E-state index in [1.807, 2.05) is 0 Å². The fraction of sp³-hybridized carbons (Fsp3) is 0.600. The molecule has 6 heteroatoms. The van der Waals surface area contributed by atoms with Crippen LogP contribution in [0.15, 0.2) is 0 Å². The highest BCUT2D eigenvalue weighted by atomic mass is 16.4. The lowest BCUT2D eigenvalue weighted by Gasteiger charge is -2.14. The first-order valence-corrected chi connectivity index (χ1v) is 2.88. The Bertz CT molecular complexity index is 150. The van der Waals surface area contributed by atoms with Crippen LogP contribution in [0.2, 0.25) is 0 Å². The number of hydrogen-bond donors (Lipinski definition) is 2. The highest BCUT2D eigenvalue weighted by Gasteiger charge is 2.14. The number of rotatable bonds is 4. The zero-order valence-electron chi connectivity index (χ0n) is 5.65. The third-order valence-corrected chi connectivity index (χ3v) is 1.11. The maximum atomic E-state index is 9.96. The summed E-state index contributed by atoms with van der Waals surface area (Å²) in [6.07, 6.45) is -2.29. The first kappa shape index (κ1) is 9.86. The third kappa shape index (κ3) is 3.54. The molecule has 64 valence electrons. The van der Waals surface area contributed by atoms with Gasteiger partial charge in [0.05, 0.1) is 18.0 Å². The maximum absolute atomic E-state index is 9.96. The number of carbonyl (C=O) groups is 2. The van der Waals surface area contributed by atoms with E-state index in [4.69, 9.17) is 5.11 Å². The van der Waals surface area contributed by atoms with Crippen molar-refractivity contribution in [3.63, 3.8) is 0 Å². The molecule has 4 N–H and O–H groups in total. The van der Waals surface area contributed by atoms with Crippen LogP contribution in [0.1, 0.15) is 6.42 Å². The summed E-state index contributed by atoms with van der Waals surface area (Å²) in [6.45, 7) is 0. The minimum Gasteiger partial charge on any atom is -0.547 e. The highest BCUT2D eigenvalue weighted by Crippen LogP contribution is 1.91. The molecule has 0 aliphatic rings. The van der Waals surface area contributed by atoms with Crippen LogP contribution in [0.5, 0.6) is 0 Å². The summed E-state index contributed by atoms with van der Waals surface area (Å²) >= 11 is 0. The van der Waals surface area contributed by atoms with E-state index in [0.29, 0.717) is 0 Å². The second kappa shape index (κ2) is 3.89. The minimum atomic E-state index is -1.80. The molecule has 2 atom stereocenters. The van der Waals surface area contributed by atoms with Crippen LogP contribution in [-0.4, -0.2) is 29.2 Å². The second-order valence-corrected chi connectivity index (χ2v) is 2.09. The van der Waals surface area contributed by atoms with Gasteiger partial charge in [0.25, 0.3) is 0 Å². The van der Waals surface area contributed by atoms with Crippen LogP contribution in [0.3, 0.4) is 0 Å². The molecule has 0 bridgehead atoms. The van der Waals surface area contributed by atoms with Crippen molar-refractivity contribution in [2.24, 2.45) is 0 Å². The minimum absolute atomic E-state index is 0.495. The number of carboxylic acids is 2. The number of carboxylic acid groups (broad SMARTS) is 2. The third-order valence-electron chi connectivity index (χ3n) is 1.11. The van der Waals surface area contributed by atoms with Gasteiger partial charge in [-0.05, 0) is 0 Å². The van der Waals surface area contributed by atoms with Crippen molar-refractivity contribution in [2.75, 3.05) is 0 Å². The number of carbonyl (C=O) groups excluding carboxylic acids is 2. The number of aliphatic hydroxyl groups is 1. The summed E-state index contributed by atoms with van der Waals surface area (Å²) < 4.78 is 0. The number of hydrogen-bond acceptors (Lipinski definition) is 5. The number of aliphatic carboxylic acids is 2. The van der Waals surface area contributed by atoms with Crippen molar-refractivity contribution < 1.29 is 30.6 Å². The molecule has 0 aliphatic carbocycles. The Hall–Kier alpha value is -1.14. The monoisotopic (exact) mass is 162 g/mol. The molecular formula is C5H8NO5-. The first-order chi connectivity index (χ1) is 4.95. The Labute approximate surface area is 62.2 Å². The Morgan fingerprint density at radius 2 is 1.82 bits per heavy atom. The van der Waals surface area contributed by atoms with Crippen LogP contribution >= 0.6 is 0 Å². The summed E-state index contributed by atoms with van der Waals surface area (Å²) in [7, 11) is 0. The molecule has 0 amide bonds. The van der Waals surface area contributed by atoms with Gasteiger partial charge in [-0.2, -0.15) is 0 Å². The largest absolute Gasteiger partial charge is 0.547 e. The van der Waals surface area contributed by atoms with Crippen molar-refractivity contribution in [1.82, 2.24) is 0 Å². The van der Waals surface area contributed by atoms with Gasteiger partial charge in [0.1, 0.15) is 6.04 Å². The first-order valence-electron chi connectivity index (χ1n) is 2.88. The smallest absolute Gasteiger partial charge is 0.127 e. The number of quaternary nitrogens is 1. The quantitative estimate of drug-likeness (QED) is 0.427. The van der Waals surface area contributed by atoms with Crippen LogP contribution in [0, 0.1) is 0 Å². The van der Waals surface area contributed by atoms with Crippen molar-refractivity contribution in [1.29, 1.82) is 0 Å². The summed E-state index contributed by atoms with van der Waals surface area (Å²) in [5.41, 5.74) is 3.05.